The summed E-state index contributed by atoms with van der Waals surface area (Å²) in [5, 5.41) is 12.9. The molecule has 0 aromatic carbocycles. The minimum absolute atomic E-state index is 0.129. The summed E-state index contributed by atoms with van der Waals surface area (Å²) in [7, 11) is 0. The highest BCUT2D eigenvalue weighted by atomic mass is 32.1. The van der Waals surface area contributed by atoms with Gasteiger partial charge in [-0.05, 0) is 6.92 Å². The third-order valence-electron chi connectivity index (χ3n) is 2.28. The maximum Gasteiger partial charge on any atom is 0.180 e. The molecule has 0 saturated heterocycles. The number of hydrogen-bond donors (Lipinski definition) is 3. The van der Waals surface area contributed by atoms with Crippen molar-refractivity contribution in [3.63, 3.8) is 0 Å². The number of hydrogen-bond acceptors (Lipinski definition) is 5. The molecule has 0 spiro atoms. The van der Waals surface area contributed by atoms with Gasteiger partial charge in [0.05, 0.1) is 12.3 Å². The van der Waals surface area contributed by atoms with Crippen molar-refractivity contribution in [2.45, 2.75) is 25.4 Å². The maximum atomic E-state index is 9.02. The molecule has 13 heavy (non-hydrogen) atoms. The second-order valence-corrected chi connectivity index (χ2v) is 4.40. The third kappa shape index (κ3) is 1.54. The van der Waals surface area contributed by atoms with Crippen LogP contribution in [0.3, 0.4) is 0 Å². The zero-order valence-corrected chi connectivity index (χ0v) is 8.27. The molecule has 1 aliphatic heterocycles. The molecule has 0 fully saturated rings. The highest BCUT2D eigenvalue weighted by molar-refractivity contribution is 7.15. The Morgan fingerprint density at radius 2 is 2.54 bits per heavy atom. The molecule has 2 heterocycles. The van der Waals surface area contributed by atoms with Crippen molar-refractivity contribution >= 4 is 16.5 Å². The number of nitrogens with zero attached hydrogens (tertiary/aromatic N) is 1. The van der Waals surface area contributed by atoms with Gasteiger partial charge in [0.2, 0.25) is 0 Å². The summed E-state index contributed by atoms with van der Waals surface area (Å²) in [5.41, 5.74) is 6.67. The van der Waals surface area contributed by atoms with Crippen LogP contribution in [0.5, 0.6) is 0 Å². The van der Waals surface area contributed by atoms with E-state index >= 15 is 0 Å². The number of thiazole rings is 1. The van der Waals surface area contributed by atoms with Gasteiger partial charge in [0, 0.05) is 23.4 Å². The van der Waals surface area contributed by atoms with Crippen molar-refractivity contribution in [1.29, 1.82) is 0 Å². The van der Waals surface area contributed by atoms with Crippen molar-refractivity contribution in [3.05, 3.63) is 10.6 Å². The van der Waals surface area contributed by atoms with Crippen LogP contribution in [-0.2, 0) is 6.42 Å². The molecule has 4 N–H and O–H groups in total. The predicted octanol–water partition coefficient (Wildman–Crippen LogP) is 0.293. The van der Waals surface area contributed by atoms with E-state index in [4.69, 9.17) is 10.8 Å². The van der Waals surface area contributed by atoms with E-state index in [1.165, 1.54) is 16.2 Å². The normalized spacial score (nSPS) is 27.2. The molecule has 0 aliphatic carbocycles. The van der Waals surface area contributed by atoms with Crippen molar-refractivity contribution in [2.24, 2.45) is 0 Å². The molecule has 0 radical (unpaired) electrons. The van der Waals surface area contributed by atoms with Gasteiger partial charge in [-0.25, -0.2) is 4.98 Å². The number of anilines is 1. The largest absolute Gasteiger partial charge is 0.395 e. The number of fused-ring (bicyclic) bond motifs is 1. The van der Waals surface area contributed by atoms with Gasteiger partial charge >= 0.3 is 0 Å². The summed E-state index contributed by atoms with van der Waals surface area (Å²) in [5.74, 6) is 0. The average molecular weight is 199 g/mol. The Bertz CT molecular complexity index is 312. The Morgan fingerprint density at radius 1 is 1.77 bits per heavy atom. The van der Waals surface area contributed by atoms with Gasteiger partial charge in [-0.2, -0.15) is 0 Å². The molecular weight excluding hydrogens is 186 g/mol. The fraction of sp³-hybridized carbons (Fsp3) is 0.625. The van der Waals surface area contributed by atoms with Gasteiger partial charge in [-0.3, -0.25) is 0 Å². The number of aromatic nitrogens is 1. The van der Waals surface area contributed by atoms with Crippen LogP contribution in [0.15, 0.2) is 0 Å². The zero-order valence-electron chi connectivity index (χ0n) is 7.45. The Hall–Kier alpha value is -0.650. The number of nitrogen functional groups attached to an aromatic ring is 1. The SMILES string of the molecule is C[C@@H]1N[C@H](CO)Cc2nc(N)sc21. The van der Waals surface area contributed by atoms with Gasteiger partial charge in [0.15, 0.2) is 5.13 Å². The second-order valence-electron chi connectivity index (χ2n) is 3.34. The maximum absolute atomic E-state index is 9.02. The van der Waals surface area contributed by atoms with Crippen molar-refractivity contribution in [1.82, 2.24) is 10.3 Å². The average Bonchev–Trinajstić information content (AvgIpc) is 2.46. The second kappa shape index (κ2) is 3.25. The van der Waals surface area contributed by atoms with Crippen molar-refractivity contribution < 1.29 is 5.11 Å². The van der Waals surface area contributed by atoms with E-state index in [0.717, 1.165) is 12.1 Å². The number of aliphatic hydroxyl groups is 1. The smallest absolute Gasteiger partial charge is 0.180 e. The topological polar surface area (TPSA) is 71.2 Å². The highest BCUT2D eigenvalue weighted by Crippen LogP contribution is 2.31. The lowest BCUT2D eigenvalue weighted by Crippen LogP contribution is -2.40. The fourth-order valence-corrected chi connectivity index (χ4v) is 2.58. The van der Waals surface area contributed by atoms with Crippen LogP contribution in [0.2, 0.25) is 0 Å². The van der Waals surface area contributed by atoms with Gasteiger partial charge in [0.25, 0.3) is 0 Å². The molecule has 0 saturated carbocycles. The standard InChI is InChI=1S/C8H13N3OS/c1-4-7-6(11-8(9)13-7)2-5(3-12)10-4/h4-5,10,12H,2-3H2,1H3,(H2,9,11)/t4-,5-/m0/s1. The molecule has 2 atom stereocenters. The van der Waals surface area contributed by atoms with Crippen LogP contribution in [-0.4, -0.2) is 22.7 Å². The summed E-state index contributed by atoms with van der Waals surface area (Å²) < 4.78 is 0. The molecule has 1 aliphatic rings. The van der Waals surface area contributed by atoms with E-state index < -0.39 is 0 Å². The minimum atomic E-state index is 0.129. The van der Waals surface area contributed by atoms with E-state index in [9.17, 15) is 0 Å². The molecule has 4 nitrogen and oxygen atoms in total. The van der Waals surface area contributed by atoms with E-state index in [1.807, 2.05) is 0 Å². The van der Waals surface area contributed by atoms with Gasteiger partial charge < -0.3 is 16.2 Å². The monoisotopic (exact) mass is 199 g/mol. The molecule has 1 aromatic rings. The lowest BCUT2D eigenvalue weighted by Gasteiger charge is -2.26. The predicted molar refractivity (Wildman–Crippen MR) is 52.7 cm³/mol. The summed E-state index contributed by atoms with van der Waals surface area (Å²) in [6.07, 6.45) is 0.782. The minimum Gasteiger partial charge on any atom is -0.395 e. The number of rotatable bonds is 1. The molecule has 5 heteroatoms. The first-order chi connectivity index (χ1) is 6.20. The highest BCUT2D eigenvalue weighted by Gasteiger charge is 2.25. The number of nitrogens with two attached hydrogens (primary N) is 1. The van der Waals surface area contributed by atoms with Crippen LogP contribution >= 0.6 is 11.3 Å². The van der Waals surface area contributed by atoms with Crippen LogP contribution < -0.4 is 11.1 Å². The summed E-state index contributed by atoms with van der Waals surface area (Å²) in [4.78, 5) is 5.46. The van der Waals surface area contributed by atoms with E-state index in [-0.39, 0.29) is 18.7 Å². The van der Waals surface area contributed by atoms with Crippen LogP contribution in [0.1, 0.15) is 23.5 Å². The lowest BCUT2D eigenvalue weighted by atomic mass is 10.0. The molecule has 2 rings (SSSR count). The summed E-state index contributed by atoms with van der Waals surface area (Å²) in [6, 6.07) is 0.389. The van der Waals surface area contributed by atoms with Crippen LogP contribution in [0, 0.1) is 0 Å². The fourth-order valence-electron chi connectivity index (χ4n) is 1.71. The first-order valence-electron chi connectivity index (χ1n) is 4.32. The molecule has 1 aromatic heterocycles. The molecule has 0 bridgehead atoms. The first-order valence-corrected chi connectivity index (χ1v) is 5.14. The zero-order chi connectivity index (χ0) is 9.42. The van der Waals surface area contributed by atoms with Crippen LogP contribution in [0.25, 0.3) is 0 Å². The Morgan fingerprint density at radius 3 is 3.23 bits per heavy atom. The van der Waals surface area contributed by atoms with Gasteiger partial charge in [-0.15, -0.1) is 11.3 Å². The number of nitrogens with one attached hydrogen (secondary N) is 1. The Balaban J connectivity index is 2.30. The quantitative estimate of drug-likeness (QED) is 0.608. The molecule has 72 valence electrons. The molecular formula is C8H13N3OS. The van der Waals surface area contributed by atoms with Crippen LogP contribution in [0.4, 0.5) is 5.13 Å². The first kappa shape index (κ1) is 8.93. The van der Waals surface area contributed by atoms with E-state index in [0.29, 0.717) is 5.13 Å². The third-order valence-corrected chi connectivity index (χ3v) is 3.39. The lowest BCUT2D eigenvalue weighted by molar-refractivity contribution is 0.226. The van der Waals surface area contributed by atoms with Gasteiger partial charge in [-0.1, -0.05) is 0 Å². The van der Waals surface area contributed by atoms with Gasteiger partial charge in [0.1, 0.15) is 0 Å². The van der Waals surface area contributed by atoms with E-state index in [1.54, 1.807) is 0 Å². The Labute approximate surface area is 80.8 Å². The van der Waals surface area contributed by atoms with Crippen molar-refractivity contribution in [3.8, 4) is 0 Å². The Kier molecular flexibility index (Phi) is 2.23. The summed E-state index contributed by atoms with van der Waals surface area (Å²) in [6.45, 7) is 2.22. The van der Waals surface area contributed by atoms with E-state index in [2.05, 4.69) is 17.2 Å². The molecule has 0 unspecified atom stereocenters. The summed E-state index contributed by atoms with van der Waals surface area (Å²) >= 11 is 1.53. The number of aliphatic hydroxyl groups excluding tert-OH is 1. The van der Waals surface area contributed by atoms with Crippen molar-refractivity contribution in [2.75, 3.05) is 12.3 Å². The molecule has 0 amide bonds.